The normalized spacial score (nSPS) is 15.3. The van der Waals surface area contributed by atoms with E-state index in [1.807, 2.05) is 49.4 Å². The Kier molecular flexibility index (Phi) is 7.49. The summed E-state index contributed by atoms with van der Waals surface area (Å²) in [7, 11) is 3.24. The van der Waals surface area contributed by atoms with E-state index in [1.54, 1.807) is 31.0 Å². The van der Waals surface area contributed by atoms with E-state index in [4.69, 9.17) is 9.47 Å². The van der Waals surface area contributed by atoms with Crippen molar-refractivity contribution in [1.29, 1.82) is 0 Å². The zero-order valence-corrected chi connectivity index (χ0v) is 20.0. The van der Waals surface area contributed by atoms with E-state index in [-0.39, 0.29) is 11.3 Å². The van der Waals surface area contributed by atoms with Crippen molar-refractivity contribution in [3.63, 3.8) is 0 Å². The first kappa shape index (κ1) is 23.8. The average molecular weight is 465 g/mol. The van der Waals surface area contributed by atoms with Crippen LogP contribution in [0, 0.1) is 6.92 Å². The van der Waals surface area contributed by atoms with Crippen molar-refractivity contribution < 1.29 is 14.6 Å². The molecule has 1 aromatic carbocycles. The lowest BCUT2D eigenvalue weighted by Crippen LogP contribution is -2.49. The van der Waals surface area contributed by atoms with Crippen molar-refractivity contribution in [2.24, 2.45) is 0 Å². The van der Waals surface area contributed by atoms with Gasteiger partial charge >= 0.3 is 0 Å². The predicted molar refractivity (Wildman–Crippen MR) is 132 cm³/mol. The van der Waals surface area contributed by atoms with E-state index in [2.05, 4.69) is 14.8 Å². The number of benzene rings is 1. The van der Waals surface area contributed by atoms with Crippen LogP contribution < -0.4 is 15.2 Å². The lowest BCUT2D eigenvalue weighted by atomic mass is 9.95. The highest BCUT2D eigenvalue weighted by atomic mass is 16.5. The molecule has 34 heavy (non-hydrogen) atoms. The number of ether oxygens (including phenoxy) is 2. The molecular weight excluding hydrogens is 432 g/mol. The highest BCUT2D eigenvalue weighted by Crippen LogP contribution is 2.35. The third-order valence-electron chi connectivity index (χ3n) is 6.38. The summed E-state index contributed by atoms with van der Waals surface area (Å²) < 4.78 is 12.3. The summed E-state index contributed by atoms with van der Waals surface area (Å²) in [5.41, 5.74) is 1.78. The number of hydrogen-bond acceptors (Lipinski definition) is 7. The molecule has 3 aromatic rings. The Hall–Kier alpha value is -3.36. The SMILES string of the molecule is COCCn1c(C)cc(O)c([C@@H](c2cccc(OC)c2)N2CCN(c3ccccn3)CC2)c1=O. The number of nitrogens with zero attached hydrogens (tertiary/aromatic N) is 4. The van der Waals surface area contributed by atoms with Gasteiger partial charge in [0, 0.05) is 51.7 Å². The topological polar surface area (TPSA) is 80.1 Å². The number of anilines is 1. The smallest absolute Gasteiger partial charge is 0.259 e. The van der Waals surface area contributed by atoms with Crippen molar-refractivity contribution in [2.75, 3.05) is 51.9 Å². The maximum Gasteiger partial charge on any atom is 0.259 e. The molecule has 0 radical (unpaired) electrons. The zero-order valence-electron chi connectivity index (χ0n) is 20.0. The van der Waals surface area contributed by atoms with E-state index in [9.17, 15) is 9.90 Å². The Morgan fingerprint density at radius 3 is 2.53 bits per heavy atom. The molecule has 1 aliphatic rings. The predicted octanol–water partition coefficient (Wildman–Crippen LogP) is 2.82. The number of piperazine rings is 1. The molecule has 1 aliphatic heterocycles. The first-order valence-corrected chi connectivity index (χ1v) is 11.5. The summed E-state index contributed by atoms with van der Waals surface area (Å²) in [6, 6.07) is 14.9. The van der Waals surface area contributed by atoms with Gasteiger partial charge in [0.15, 0.2) is 0 Å². The molecule has 1 N–H and O–H groups in total. The maximum atomic E-state index is 13.7. The van der Waals surface area contributed by atoms with Gasteiger partial charge in [-0.25, -0.2) is 4.98 Å². The van der Waals surface area contributed by atoms with Crippen LogP contribution in [0.25, 0.3) is 0 Å². The summed E-state index contributed by atoms with van der Waals surface area (Å²) in [6.45, 7) is 5.62. The fourth-order valence-electron chi connectivity index (χ4n) is 4.61. The van der Waals surface area contributed by atoms with Crippen molar-refractivity contribution in [2.45, 2.75) is 19.5 Å². The van der Waals surface area contributed by atoms with E-state index >= 15 is 0 Å². The Bertz CT molecular complexity index is 1160. The summed E-state index contributed by atoms with van der Waals surface area (Å²) >= 11 is 0. The molecule has 2 aromatic heterocycles. The van der Waals surface area contributed by atoms with Crippen LogP contribution in [0.1, 0.15) is 22.9 Å². The number of aryl methyl sites for hydroxylation is 1. The molecular formula is C26H32N4O4. The Balaban J connectivity index is 1.74. The first-order chi connectivity index (χ1) is 16.5. The number of aromatic nitrogens is 2. The largest absolute Gasteiger partial charge is 0.507 e. The molecule has 8 heteroatoms. The molecule has 3 heterocycles. The summed E-state index contributed by atoms with van der Waals surface area (Å²) in [4.78, 5) is 22.7. The van der Waals surface area contributed by atoms with E-state index in [0.717, 1.165) is 24.5 Å². The van der Waals surface area contributed by atoms with Crippen LogP contribution in [-0.4, -0.2) is 66.6 Å². The van der Waals surface area contributed by atoms with Gasteiger partial charge in [-0.1, -0.05) is 18.2 Å². The third-order valence-corrected chi connectivity index (χ3v) is 6.38. The molecule has 180 valence electrons. The van der Waals surface area contributed by atoms with Crippen molar-refractivity contribution in [3.8, 4) is 11.5 Å². The second-order valence-electron chi connectivity index (χ2n) is 8.42. The number of aromatic hydroxyl groups is 1. The van der Waals surface area contributed by atoms with Gasteiger partial charge in [-0.2, -0.15) is 0 Å². The lowest BCUT2D eigenvalue weighted by molar-refractivity contribution is 0.183. The van der Waals surface area contributed by atoms with Gasteiger partial charge in [-0.3, -0.25) is 9.69 Å². The van der Waals surface area contributed by atoms with Crippen LogP contribution >= 0.6 is 0 Å². The Morgan fingerprint density at radius 1 is 1.06 bits per heavy atom. The second-order valence-corrected chi connectivity index (χ2v) is 8.42. The Morgan fingerprint density at radius 2 is 1.85 bits per heavy atom. The van der Waals surface area contributed by atoms with Gasteiger partial charge in [0.05, 0.1) is 25.3 Å². The van der Waals surface area contributed by atoms with Gasteiger partial charge in [-0.05, 0) is 42.8 Å². The van der Waals surface area contributed by atoms with Gasteiger partial charge in [0.1, 0.15) is 17.3 Å². The number of pyridine rings is 2. The van der Waals surface area contributed by atoms with Crippen molar-refractivity contribution in [1.82, 2.24) is 14.5 Å². The van der Waals surface area contributed by atoms with Gasteiger partial charge < -0.3 is 24.0 Å². The maximum absolute atomic E-state index is 13.7. The molecule has 1 saturated heterocycles. The van der Waals surface area contributed by atoms with Crippen molar-refractivity contribution in [3.05, 3.63) is 81.9 Å². The lowest BCUT2D eigenvalue weighted by Gasteiger charge is -2.40. The highest BCUT2D eigenvalue weighted by molar-refractivity contribution is 5.44. The quantitative estimate of drug-likeness (QED) is 0.549. The number of hydrogen-bond donors (Lipinski definition) is 1. The molecule has 0 spiro atoms. The molecule has 0 unspecified atom stereocenters. The summed E-state index contributed by atoms with van der Waals surface area (Å²) in [6.07, 6.45) is 1.80. The standard InChI is InChI=1S/C26H32N4O4/c1-19-17-22(31)24(26(32)30(19)15-16-33-2)25(20-7-6-8-21(18-20)34-3)29-13-11-28(12-14-29)23-9-4-5-10-27-23/h4-10,17-18,25,31H,11-16H2,1-3H3/t25-/m1/s1. The highest BCUT2D eigenvalue weighted by Gasteiger charge is 2.32. The van der Waals surface area contributed by atoms with Crippen LogP contribution in [0.15, 0.2) is 59.5 Å². The molecule has 0 aliphatic carbocycles. The first-order valence-electron chi connectivity index (χ1n) is 11.5. The van der Waals surface area contributed by atoms with Crippen LogP contribution in [0.5, 0.6) is 11.5 Å². The minimum absolute atomic E-state index is 0.0103. The van der Waals surface area contributed by atoms with E-state index < -0.39 is 6.04 Å². The number of methoxy groups -OCH3 is 2. The molecule has 0 saturated carbocycles. The fourth-order valence-corrected chi connectivity index (χ4v) is 4.61. The number of rotatable bonds is 8. The van der Waals surface area contributed by atoms with Gasteiger partial charge in [0.25, 0.3) is 5.56 Å². The fraction of sp³-hybridized carbons (Fsp3) is 0.385. The molecule has 1 atom stereocenters. The van der Waals surface area contributed by atoms with Crippen LogP contribution in [0.2, 0.25) is 0 Å². The minimum Gasteiger partial charge on any atom is -0.507 e. The zero-order chi connectivity index (χ0) is 24.1. The summed E-state index contributed by atoms with van der Waals surface area (Å²) in [5.74, 6) is 1.66. The molecule has 8 nitrogen and oxygen atoms in total. The monoisotopic (exact) mass is 464 g/mol. The van der Waals surface area contributed by atoms with Crippen LogP contribution in [0.3, 0.4) is 0 Å². The van der Waals surface area contributed by atoms with Crippen LogP contribution in [-0.2, 0) is 11.3 Å². The van der Waals surface area contributed by atoms with E-state index in [1.165, 1.54) is 0 Å². The van der Waals surface area contributed by atoms with E-state index in [0.29, 0.717) is 43.2 Å². The molecule has 0 bridgehead atoms. The molecule has 1 fully saturated rings. The van der Waals surface area contributed by atoms with Crippen LogP contribution in [0.4, 0.5) is 5.82 Å². The van der Waals surface area contributed by atoms with Gasteiger partial charge in [0.2, 0.25) is 0 Å². The van der Waals surface area contributed by atoms with Crippen molar-refractivity contribution >= 4 is 5.82 Å². The third kappa shape index (κ3) is 4.93. The molecule has 4 rings (SSSR count). The van der Waals surface area contributed by atoms with Gasteiger partial charge in [-0.15, -0.1) is 0 Å². The second kappa shape index (κ2) is 10.7. The average Bonchev–Trinajstić information content (AvgIpc) is 2.87. The minimum atomic E-state index is -0.414. The Labute approximate surface area is 200 Å². The molecule has 0 amide bonds. The summed E-state index contributed by atoms with van der Waals surface area (Å²) in [5, 5.41) is 11.0.